The highest BCUT2D eigenvalue weighted by Crippen LogP contribution is 2.49. The quantitative estimate of drug-likeness (QED) is 0.0671. The lowest BCUT2D eigenvalue weighted by Gasteiger charge is -2.33. The number of benzene rings is 2. The number of anilines is 1. The Bertz CT molecular complexity index is 2240. The zero-order valence-corrected chi connectivity index (χ0v) is 37.4. The molecule has 0 saturated carbocycles. The van der Waals surface area contributed by atoms with Gasteiger partial charge >= 0.3 is 19.7 Å². The van der Waals surface area contributed by atoms with Crippen LogP contribution in [0.3, 0.4) is 0 Å². The van der Waals surface area contributed by atoms with Gasteiger partial charge in [-0.05, 0) is 122 Å². The number of hydrogen-bond donors (Lipinski definition) is 1. The summed E-state index contributed by atoms with van der Waals surface area (Å²) >= 11 is 0. The summed E-state index contributed by atoms with van der Waals surface area (Å²) in [4.78, 5) is 41.2. The molecule has 3 aromatic rings. The number of fused-ring (bicyclic) bond motifs is 2. The highest BCUT2D eigenvalue weighted by molar-refractivity contribution is 7.52. The number of terminal acetylenes is 1. The van der Waals surface area contributed by atoms with E-state index in [0.29, 0.717) is 73.2 Å². The zero-order chi connectivity index (χ0) is 44.4. The van der Waals surface area contributed by atoms with Gasteiger partial charge in [-0.2, -0.15) is 15.1 Å². The predicted molar refractivity (Wildman–Crippen MR) is 231 cm³/mol. The van der Waals surface area contributed by atoms with Gasteiger partial charge in [0.05, 0.1) is 29.0 Å². The number of esters is 1. The molecule has 1 aliphatic carbocycles. The van der Waals surface area contributed by atoms with Crippen molar-refractivity contribution in [3.05, 3.63) is 65.1 Å². The van der Waals surface area contributed by atoms with Gasteiger partial charge in [-0.25, -0.2) is 13.3 Å². The molecule has 0 bridgehead atoms. The molecule has 3 heterocycles. The maximum atomic E-state index is 15.5. The molecule has 3 aliphatic rings. The minimum atomic E-state index is -4.22. The summed E-state index contributed by atoms with van der Waals surface area (Å²) in [5.74, 6) is 1.79. The van der Waals surface area contributed by atoms with E-state index in [9.17, 15) is 18.5 Å². The maximum absolute atomic E-state index is 15.5. The van der Waals surface area contributed by atoms with Gasteiger partial charge in [0.1, 0.15) is 36.2 Å². The fourth-order valence-corrected chi connectivity index (χ4v) is 10.4. The Labute approximate surface area is 358 Å². The van der Waals surface area contributed by atoms with Crippen molar-refractivity contribution in [3.63, 3.8) is 0 Å². The van der Waals surface area contributed by atoms with Crippen LogP contribution in [0.5, 0.6) is 11.8 Å². The van der Waals surface area contributed by atoms with Crippen LogP contribution in [0, 0.1) is 18.2 Å². The van der Waals surface area contributed by atoms with E-state index in [1.807, 2.05) is 35.7 Å². The van der Waals surface area contributed by atoms with Gasteiger partial charge in [-0.15, -0.1) is 6.42 Å². The van der Waals surface area contributed by atoms with Gasteiger partial charge in [0.2, 0.25) is 5.91 Å². The minimum Gasteiger partial charge on any atom is -0.462 e. The molecule has 6 atom stereocenters. The summed E-state index contributed by atoms with van der Waals surface area (Å²) in [5.41, 5.74) is 1.80. The van der Waals surface area contributed by atoms with Gasteiger partial charge < -0.3 is 23.8 Å². The van der Waals surface area contributed by atoms with E-state index in [0.717, 1.165) is 18.4 Å². The van der Waals surface area contributed by atoms with Crippen LogP contribution < -0.4 is 19.2 Å². The first-order valence-electron chi connectivity index (χ1n) is 21.0. The SMILES string of the molecule is C#Cc1c(F)ccc2cc(OP(=O)(N[C@@H](C)C(=O)OC(C)C)OC(C)C)cc([C@H]3CCc4c(nc(OC[C@]5(C)C[C@@H](F)CN5C)nc4N(C)C[C@@H]4CCCN4C(=O)C=C)C3)c12. The van der Waals surface area contributed by atoms with Crippen molar-refractivity contribution >= 4 is 36.2 Å². The predicted octanol–water partition coefficient (Wildman–Crippen LogP) is 7.29. The van der Waals surface area contributed by atoms with Crippen LogP contribution in [0.4, 0.5) is 14.6 Å². The van der Waals surface area contributed by atoms with E-state index in [1.54, 1.807) is 45.9 Å². The van der Waals surface area contributed by atoms with Crippen molar-refractivity contribution in [3.8, 4) is 24.1 Å². The lowest BCUT2D eigenvalue weighted by atomic mass is 9.79. The summed E-state index contributed by atoms with van der Waals surface area (Å²) < 4.78 is 68.1. The largest absolute Gasteiger partial charge is 0.462 e. The lowest BCUT2D eigenvalue weighted by Crippen LogP contribution is -2.44. The number of carbonyl (C=O) groups excluding carboxylic acids is 2. The van der Waals surface area contributed by atoms with E-state index in [1.165, 1.54) is 19.1 Å². The van der Waals surface area contributed by atoms with Crippen molar-refractivity contribution < 1.29 is 41.5 Å². The number of ether oxygens (including phenoxy) is 2. The Morgan fingerprint density at radius 3 is 2.59 bits per heavy atom. The number of carbonyl (C=O) groups is 2. The number of nitrogens with one attached hydrogen (secondary N) is 1. The molecule has 16 heteroatoms. The van der Waals surface area contributed by atoms with Gasteiger partial charge in [0.15, 0.2) is 0 Å². The normalized spacial score (nSPS) is 23.1. The third-order valence-corrected chi connectivity index (χ3v) is 13.6. The molecule has 0 spiro atoms. The molecule has 1 N–H and O–H groups in total. The Morgan fingerprint density at radius 2 is 1.93 bits per heavy atom. The molecule has 6 rings (SSSR count). The standard InChI is InChI=1S/C45H59F2N6O7P/c1-11-35-38(47)18-16-31-20-34(60-61(56,59-28(5)6)50-29(7)43(55)58-27(3)4)22-37(41(31)35)30-15-17-36-39(21-30)48-44(57-26-45(8)23-32(46)24-52(45)10)49-42(36)51(9)25-33-14-13-19-53(33)40(54)12-2/h1,12,16,18,20,22,27-30,32-33H,2,13-15,17,19,21,23-26H2,3-10H3,(H,50,56)/t29-,30-,32+,33-,45-,61?/m0/s1. The number of amides is 1. The molecule has 2 fully saturated rings. The number of rotatable bonds is 16. The summed E-state index contributed by atoms with van der Waals surface area (Å²) in [7, 11) is -0.399. The second kappa shape index (κ2) is 18.8. The monoisotopic (exact) mass is 864 g/mol. The van der Waals surface area contributed by atoms with E-state index in [2.05, 4.69) is 17.6 Å². The second-order valence-electron chi connectivity index (χ2n) is 17.3. The van der Waals surface area contributed by atoms with Gasteiger partial charge in [0.25, 0.3) is 0 Å². The number of alkyl halides is 1. The molecule has 13 nitrogen and oxygen atoms in total. The lowest BCUT2D eigenvalue weighted by molar-refractivity contribution is -0.149. The first-order chi connectivity index (χ1) is 28.8. The second-order valence-corrected chi connectivity index (χ2v) is 19.0. The summed E-state index contributed by atoms with van der Waals surface area (Å²) in [6.45, 7) is 15.6. The number of nitrogens with zero attached hydrogens (tertiary/aromatic N) is 5. The van der Waals surface area contributed by atoms with Crippen LogP contribution >= 0.6 is 7.75 Å². The summed E-state index contributed by atoms with van der Waals surface area (Å²) in [6, 6.07) is 5.26. The Hall–Kier alpha value is -4.61. The van der Waals surface area contributed by atoms with E-state index < -0.39 is 49.5 Å². The number of halogens is 2. The van der Waals surface area contributed by atoms with Crippen molar-refractivity contribution in [2.45, 2.75) is 122 Å². The Kier molecular flexibility index (Phi) is 14.1. The van der Waals surface area contributed by atoms with Crippen LogP contribution in [-0.4, -0.2) is 108 Å². The molecule has 1 amide bonds. The summed E-state index contributed by atoms with van der Waals surface area (Å²) in [5, 5.41) is 3.80. The maximum Gasteiger partial charge on any atom is 0.459 e. The van der Waals surface area contributed by atoms with Crippen LogP contribution in [0.15, 0.2) is 36.9 Å². The molecule has 1 unspecified atom stereocenters. The van der Waals surface area contributed by atoms with Crippen molar-refractivity contribution in [2.24, 2.45) is 0 Å². The van der Waals surface area contributed by atoms with Gasteiger partial charge in [-0.3, -0.25) is 19.0 Å². The molecular weight excluding hydrogens is 805 g/mol. The van der Waals surface area contributed by atoms with E-state index in [-0.39, 0.29) is 41.8 Å². The van der Waals surface area contributed by atoms with Crippen molar-refractivity contribution in [1.82, 2.24) is 24.9 Å². The van der Waals surface area contributed by atoms with Gasteiger partial charge in [0, 0.05) is 50.1 Å². The number of likely N-dealkylation sites (tertiary alicyclic amines) is 2. The molecule has 2 saturated heterocycles. The number of hydrogen-bond acceptors (Lipinski definition) is 11. The van der Waals surface area contributed by atoms with Crippen molar-refractivity contribution in [1.29, 1.82) is 0 Å². The minimum absolute atomic E-state index is 0.0467. The third-order valence-electron chi connectivity index (χ3n) is 11.8. The van der Waals surface area contributed by atoms with Crippen LogP contribution in [-0.2, 0) is 36.3 Å². The highest BCUT2D eigenvalue weighted by Gasteiger charge is 2.41. The zero-order valence-electron chi connectivity index (χ0n) is 36.5. The molecule has 2 aliphatic heterocycles. The fourth-order valence-electron chi connectivity index (χ4n) is 8.74. The van der Waals surface area contributed by atoms with Gasteiger partial charge in [-0.1, -0.05) is 18.6 Å². The number of aromatic nitrogens is 2. The Balaban J connectivity index is 1.40. The molecule has 61 heavy (non-hydrogen) atoms. The smallest absolute Gasteiger partial charge is 0.459 e. The van der Waals surface area contributed by atoms with Crippen LogP contribution in [0.1, 0.15) is 95.5 Å². The fraction of sp³-hybridized carbons (Fsp3) is 0.556. The average Bonchev–Trinajstić information content (AvgIpc) is 3.76. The van der Waals surface area contributed by atoms with E-state index in [4.69, 9.17) is 34.9 Å². The average molecular weight is 865 g/mol. The van der Waals surface area contributed by atoms with Crippen molar-refractivity contribution in [2.75, 3.05) is 45.2 Å². The molecule has 1 aromatic heterocycles. The topological polar surface area (TPSA) is 136 Å². The summed E-state index contributed by atoms with van der Waals surface area (Å²) in [6.07, 6.45) is 8.89. The Morgan fingerprint density at radius 1 is 1.18 bits per heavy atom. The molecule has 2 aromatic carbocycles. The van der Waals surface area contributed by atoms with E-state index >= 15 is 4.39 Å². The van der Waals surface area contributed by atoms with Crippen LogP contribution in [0.25, 0.3) is 10.8 Å². The molecule has 0 radical (unpaired) electrons. The highest BCUT2D eigenvalue weighted by atomic mass is 31.2. The molecule has 330 valence electrons. The first kappa shape index (κ1) is 45.9. The number of likely N-dealkylation sites (N-methyl/N-ethyl adjacent to an activating group) is 2. The first-order valence-corrected chi connectivity index (χ1v) is 22.6. The third kappa shape index (κ3) is 10.4. The molecular formula is C45H59F2N6O7P. The van der Waals surface area contributed by atoms with Crippen LogP contribution in [0.2, 0.25) is 0 Å².